The molecule has 0 atom stereocenters. The Morgan fingerprint density at radius 1 is 1.12 bits per heavy atom. The van der Waals surface area contributed by atoms with Crippen LogP contribution in [-0.2, 0) is 25.6 Å². The summed E-state index contributed by atoms with van der Waals surface area (Å²) in [5.41, 5.74) is 0. The summed E-state index contributed by atoms with van der Waals surface area (Å²) < 4.78 is 60.7. The number of sulfone groups is 1. The van der Waals surface area contributed by atoms with Crippen LogP contribution < -0.4 is 4.74 Å². The van der Waals surface area contributed by atoms with Gasteiger partial charge in [0.05, 0.1) is 23.5 Å². The van der Waals surface area contributed by atoms with Crippen LogP contribution in [0.2, 0.25) is 0 Å². The molecule has 9 heteroatoms. The minimum atomic E-state index is -3.69. The molecule has 1 aromatic carbocycles. The van der Waals surface area contributed by atoms with Crippen molar-refractivity contribution in [2.75, 3.05) is 20.2 Å². The Morgan fingerprint density at radius 2 is 1.79 bits per heavy atom. The van der Waals surface area contributed by atoms with Crippen LogP contribution in [0.1, 0.15) is 5.76 Å². The van der Waals surface area contributed by atoms with Gasteiger partial charge in [0.1, 0.15) is 17.3 Å². The van der Waals surface area contributed by atoms with Crippen molar-refractivity contribution in [2.45, 2.75) is 15.9 Å². The molecule has 0 aliphatic carbocycles. The molecule has 0 saturated carbocycles. The second kappa shape index (κ2) is 6.23. The van der Waals surface area contributed by atoms with Crippen LogP contribution in [0.5, 0.6) is 5.75 Å². The van der Waals surface area contributed by atoms with Gasteiger partial charge >= 0.3 is 0 Å². The van der Waals surface area contributed by atoms with Gasteiger partial charge in [-0.25, -0.2) is 16.8 Å². The molecular weight excluding hydrogens is 354 g/mol. The molecule has 24 heavy (non-hydrogen) atoms. The van der Waals surface area contributed by atoms with E-state index < -0.39 is 25.1 Å². The quantitative estimate of drug-likeness (QED) is 0.759. The van der Waals surface area contributed by atoms with Gasteiger partial charge in [0.2, 0.25) is 10.0 Å². The van der Waals surface area contributed by atoms with Gasteiger partial charge in [0.15, 0.2) is 9.84 Å². The Balaban J connectivity index is 1.68. The van der Waals surface area contributed by atoms with E-state index in [-0.39, 0.29) is 23.7 Å². The molecule has 3 rings (SSSR count). The van der Waals surface area contributed by atoms with E-state index in [1.165, 1.54) is 29.8 Å². The monoisotopic (exact) mass is 371 g/mol. The van der Waals surface area contributed by atoms with Gasteiger partial charge in [0.25, 0.3) is 0 Å². The average Bonchev–Trinajstić information content (AvgIpc) is 2.97. The molecule has 0 unspecified atom stereocenters. The Labute approximate surface area is 140 Å². The molecule has 0 amide bonds. The van der Waals surface area contributed by atoms with Gasteiger partial charge in [-0.3, -0.25) is 0 Å². The lowest BCUT2D eigenvalue weighted by atomic mass is 10.3. The van der Waals surface area contributed by atoms with Gasteiger partial charge in [-0.15, -0.1) is 0 Å². The van der Waals surface area contributed by atoms with Crippen molar-refractivity contribution >= 4 is 19.9 Å². The molecule has 2 heterocycles. The van der Waals surface area contributed by atoms with Crippen molar-refractivity contribution < 1.29 is 26.0 Å². The zero-order chi connectivity index (χ0) is 17.4. The van der Waals surface area contributed by atoms with Crippen LogP contribution in [0.4, 0.5) is 0 Å². The highest BCUT2D eigenvalue weighted by atomic mass is 32.2. The van der Waals surface area contributed by atoms with Crippen LogP contribution in [0, 0.1) is 0 Å². The molecule has 0 radical (unpaired) electrons. The van der Waals surface area contributed by atoms with Crippen molar-refractivity contribution in [1.82, 2.24) is 4.31 Å². The maximum absolute atomic E-state index is 12.5. The van der Waals surface area contributed by atoms with Crippen molar-refractivity contribution in [3.63, 3.8) is 0 Å². The minimum absolute atomic E-state index is 0.0442. The first-order valence-corrected chi connectivity index (χ1v) is 10.4. The standard InChI is InChI=1S/C15H17NO6S2/c1-21-12-4-6-14(7-5-12)24(19,20)16-9-15(10-16)23(17,18)11-13-3-2-8-22-13/h2-8,15H,9-11H2,1H3. The van der Waals surface area contributed by atoms with E-state index in [1.54, 1.807) is 24.3 Å². The van der Waals surface area contributed by atoms with E-state index in [2.05, 4.69) is 0 Å². The Kier molecular flexibility index (Phi) is 4.41. The molecular formula is C15H17NO6S2. The molecule has 1 aromatic heterocycles. The van der Waals surface area contributed by atoms with Gasteiger partial charge < -0.3 is 9.15 Å². The maximum atomic E-state index is 12.5. The summed E-state index contributed by atoms with van der Waals surface area (Å²) in [5.74, 6) is 0.684. The van der Waals surface area contributed by atoms with E-state index >= 15 is 0 Å². The Bertz CT molecular complexity index is 895. The number of furan rings is 1. The van der Waals surface area contributed by atoms with Gasteiger partial charge in [-0.1, -0.05) is 0 Å². The normalized spacial score (nSPS) is 16.7. The summed E-state index contributed by atoms with van der Waals surface area (Å²) in [6.45, 7) is -0.0885. The molecule has 1 aliphatic rings. The molecule has 1 saturated heterocycles. The molecule has 1 aliphatic heterocycles. The summed E-state index contributed by atoms with van der Waals surface area (Å²) in [4.78, 5) is 0.116. The van der Waals surface area contributed by atoms with Gasteiger partial charge in [0, 0.05) is 13.1 Å². The highest BCUT2D eigenvalue weighted by molar-refractivity contribution is 7.92. The number of hydrogen-bond acceptors (Lipinski definition) is 6. The first-order chi connectivity index (χ1) is 11.3. The molecule has 7 nitrogen and oxygen atoms in total. The van der Waals surface area contributed by atoms with Crippen LogP contribution in [0.15, 0.2) is 52.0 Å². The van der Waals surface area contributed by atoms with Gasteiger partial charge in [-0.05, 0) is 36.4 Å². The number of ether oxygens (including phenoxy) is 1. The number of nitrogens with zero attached hydrogens (tertiary/aromatic N) is 1. The predicted molar refractivity (Wildman–Crippen MR) is 86.9 cm³/mol. The smallest absolute Gasteiger partial charge is 0.243 e. The second-order valence-electron chi connectivity index (χ2n) is 5.51. The predicted octanol–water partition coefficient (Wildman–Crippen LogP) is 1.28. The second-order valence-corrected chi connectivity index (χ2v) is 9.73. The molecule has 1 fully saturated rings. The number of methoxy groups -OCH3 is 1. The molecule has 0 bridgehead atoms. The third kappa shape index (κ3) is 3.19. The van der Waals surface area contributed by atoms with E-state index in [9.17, 15) is 16.8 Å². The zero-order valence-corrected chi connectivity index (χ0v) is 14.6. The van der Waals surface area contributed by atoms with Crippen LogP contribution in [0.25, 0.3) is 0 Å². The number of rotatable bonds is 6. The van der Waals surface area contributed by atoms with Crippen molar-refractivity contribution in [3.8, 4) is 5.75 Å². The maximum Gasteiger partial charge on any atom is 0.243 e. The van der Waals surface area contributed by atoms with Crippen LogP contribution in [0.3, 0.4) is 0 Å². The van der Waals surface area contributed by atoms with E-state index in [0.717, 1.165) is 0 Å². The fourth-order valence-electron chi connectivity index (χ4n) is 2.43. The zero-order valence-electron chi connectivity index (χ0n) is 13.0. The highest BCUT2D eigenvalue weighted by Crippen LogP contribution is 2.27. The van der Waals surface area contributed by atoms with E-state index in [1.807, 2.05) is 0 Å². The van der Waals surface area contributed by atoms with E-state index in [0.29, 0.717) is 11.5 Å². The number of benzene rings is 1. The number of sulfonamides is 1. The summed E-state index contributed by atoms with van der Waals surface area (Å²) in [6, 6.07) is 9.20. The lowest BCUT2D eigenvalue weighted by molar-refractivity contribution is 0.309. The largest absolute Gasteiger partial charge is 0.497 e. The molecule has 0 N–H and O–H groups in total. The summed E-state index contributed by atoms with van der Waals surface area (Å²) in [5, 5.41) is -0.712. The third-order valence-corrected chi connectivity index (χ3v) is 7.79. The van der Waals surface area contributed by atoms with Crippen molar-refractivity contribution in [1.29, 1.82) is 0 Å². The van der Waals surface area contributed by atoms with Crippen molar-refractivity contribution in [3.05, 3.63) is 48.4 Å². The summed E-state index contributed by atoms with van der Waals surface area (Å²) in [7, 11) is -5.65. The molecule has 130 valence electrons. The Morgan fingerprint density at radius 3 is 2.33 bits per heavy atom. The summed E-state index contributed by atoms with van der Waals surface area (Å²) in [6.07, 6.45) is 1.41. The lowest BCUT2D eigenvalue weighted by Gasteiger charge is -2.37. The molecule has 0 spiro atoms. The molecule has 2 aromatic rings. The topological polar surface area (TPSA) is 93.9 Å². The lowest BCUT2D eigenvalue weighted by Crippen LogP contribution is -2.56. The fraction of sp³-hybridized carbons (Fsp3) is 0.333. The number of hydrogen-bond donors (Lipinski definition) is 0. The highest BCUT2D eigenvalue weighted by Gasteiger charge is 2.43. The summed E-state index contributed by atoms with van der Waals surface area (Å²) >= 11 is 0. The third-order valence-electron chi connectivity index (χ3n) is 3.94. The van der Waals surface area contributed by atoms with Crippen LogP contribution in [-0.4, -0.2) is 46.6 Å². The van der Waals surface area contributed by atoms with Crippen molar-refractivity contribution in [2.24, 2.45) is 0 Å². The first kappa shape index (κ1) is 17.0. The first-order valence-electron chi connectivity index (χ1n) is 7.21. The average molecular weight is 371 g/mol. The fourth-order valence-corrected chi connectivity index (χ4v) is 5.76. The van der Waals surface area contributed by atoms with E-state index in [4.69, 9.17) is 9.15 Å². The Hall–Kier alpha value is -1.84. The SMILES string of the molecule is COc1ccc(S(=O)(=O)N2CC(S(=O)(=O)Cc3ccco3)C2)cc1. The minimum Gasteiger partial charge on any atom is -0.497 e. The van der Waals surface area contributed by atoms with Crippen LogP contribution >= 0.6 is 0 Å². The van der Waals surface area contributed by atoms with Gasteiger partial charge in [-0.2, -0.15) is 4.31 Å².